The Morgan fingerprint density at radius 2 is 1.54 bits per heavy atom. The van der Waals surface area contributed by atoms with E-state index in [-0.39, 0.29) is 0 Å². The second-order valence-corrected chi connectivity index (χ2v) is 4.41. The SMILES string of the molecule is N=C(C1CCCCC1)N1CCCC1. The van der Waals surface area contributed by atoms with Gasteiger partial charge in [-0.1, -0.05) is 19.3 Å². The molecule has 0 aromatic heterocycles. The van der Waals surface area contributed by atoms with Crippen molar-refractivity contribution in [3.63, 3.8) is 0 Å². The van der Waals surface area contributed by atoms with Crippen molar-refractivity contribution in [1.82, 2.24) is 4.90 Å². The molecule has 0 aromatic carbocycles. The van der Waals surface area contributed by atoms with Gasteiger partial charge in [-0.2, -0.15) is 0 Å². The highest BCUT2D eigenvalue weighted by atomic mass is 15.2. The molecule has 0 atom stereocenters. The average molecular weight is 180 g/mol. The first-order valence-electron chi connectivity index (χ1n) is 5.71. The standard InChI is InChI=1S/C11H20N2/c12-11(13-8-4-5-9-13)10-6-2-1-3-7-10/h10,12H,1-9H2. The fraction of sp³-hybridized carbons (Fsp3) is 0.909. The summed E-state index contributed by atoms with van der Waals surface area (Å²) in [6.45, 7) is 2.30. The molecule has 0 bridgehead atoms. The van der Waals surface area contributed by atoms with Gasteiger partial charge in [0.15, 0.2) is 0 Å². The van der Waals surface area contributed by atoms with Crippen LogP contribution in [0.3, 0.4) is 0 Å². The van der Waals surface area contributed by atoms with Gasteiger partial charge in [0, 0.05) is 19.0 Å². The smallest absolute Gasteiger partial charge is 0.0989 e. The van der Waals surface area contributed by atoms with E-state index in [0.29, 0.717) is 5.92 Å². The van der Waals surface area contributed by atoms with Crippen molar-refractivity contribution in [2.24, 2.45) is 5.92 Å². The average Bonchev–Trinajstić information content (AvgIpc) is 2.71. The molecule has 13 heavy (non-hydrogen) atoms. The normalized spacial score (nSPS) is 25.1. The number of hydrogen-bond donors (Lipinski definition) is 1. The third-order valence-corrected chi connectivity index (χ3v) is 3.44. The largest absolute Gasteiger partial charge is 0.360 e. The van der Waals surface area contributed by atoms with Crippen molar-refractivity contribution in [3.05, 3.63) is 0 Å². The van der Waals surface area contributed by atoms with Crippen LogP contribution in [-0.2, 0) is 0 Å². The number of nitrogens with zero attached hydrogens (tertiary/aromatic N) is 1. The minimum Gasteiger partial charge on any atom is -0.360 e. The van der Waals surface area contributed by atoms with Crippen LogP contribution in [0.25, 0.3) is 0 Å². The van der Waals surface area contributed by atoms with Crippen LogP contribution in [0.15, 0.2) is 0 Å². The molecule has 1 aliphatic carbocycles. The van der Waals surface area contributed by atoms with Crippen LogP contribution < -0.4 is 0 Å². The Kier molecular flexibility index (Phi) is 2.87. The van der Waals surface area contributed by atoms with E-state index in [1.165, 1.54) is 44.9 Å². The Labute approximate surface area is 80.8 Å². The van der Waals surface area contributed by atoms with Gasteiger partial charge in [0.2, 0.25) is 0 Å². The van der Waals surface area contributed by atoms with Gasteiger partial charge in [-0.15, -0.1) is 0 Å². The lowest BCUT2D eigenvalue weighted by atomic mass is 9.88. The zero-order valence-corrected chi connectivity index (χ0v) is 8.39. The molecule has 2 heteroatoms. The van der Waals surface area contributed by atoms with E-state index < -0.39 is 0 Å². The molecule has 74 valence electrons. The van der Waals surface area contributed by atoms with Crippen LogP contribution in [0, 0.1) is 11.3 Å². The molecule has 0 unspecified atom stereocenters. The molecule has 0 radical (unpaired) electrons. The Balaban J connectivity index is 1.87. The van der Waals surface area contributed by atoms with Gasteiger partial charge >= 0.3 is 0 Å². The Morgan fingerprint density at radius 3 is 2.15 bits per heavy atom. The van der Waals surface area contributed by atoms with Gasteiger partial charge in [-0.25, -0.2) is 0 Å². The van der Waals surface area contributed by atoms with Crippen LogP contribution in [-0.4, -0.2) is 23.8 Å². The fourth-order valence-electron chi connectivity index (χ4n) is 2.59. The molecule has 2 fully saturated rings. The van der Waals surface area contributed by atoms with Gasteiger partial charge in [0.25, 0.3) is 0 Å². The maximum atomic E-state index is 8.11. The van der Waals surface area contributed by atoms with Crippen molar-refractivity contribution in [2.75, 3.05) is 13.1 Å². The maximum absolute atomic E-state index is 8.11. The van der Waals surface area contributed by atoms with Crippen LogP contribution in [0.1, 0.15) is 44.9 Å². The molecule has 2 nitrogen and oxygen atoms in total. The second kappa shape index (κ2) is 4.12. The topological polar surface area (TPSA) is 27.1 Å². The summed E-state index contributed by atoms with van der Waals surface area (Å²) in [6, 6.07) is 0. The number of amidine groups is 1. The minimum atomic E-state index is 0.604. The lowest BCUT2D eigenvalue weighted by Crippen LogP contribution is -2.34. The van der Waals surface area contributed by atoms with Crippen LogP contribution >= 0.6 is 0 Å². The summed E-state index contributed by atoms with van der Waals surface area (Å²) in [6.07, 6.45) is 9.24. The first-order valence-corrected chi connectivity index (χ1v) is 5.71. The number of nitrogens with one attached hydrogen (secondary N) is 1. The van der Waals surface area contributed by atoms with E-state index in [1.807, 2.05) is 0 Å². The summed E-state index contributed by atoms with van der Waals surface area (Å²) in [7, 11) is 0. The Hall–Kier alpha value is -0.530. The summed E-state index contributed by atoms with van der Waals surface area (Å²) < 4.78 is 0. The Bertz CT molecular complexity index is 177. The van der Waals surface area contributed by atoms with E-state index >= 15 is 0 Å². The summed E-state index contributed by atoms with van der Waals surface area (Å²) >= 11 is 0. The molecule has 2 rings (SSSR count). The minimum absolute atomic E-state index is 0.604. The fourth-order valence-corrected chi connectivity index (χ4v) is 2.59. The predicted molar refractivity (Wildman–Crippen MR) is 55.1 cm³/mol. The van der Waals surface area contributed by atoms with E-state index in [1.54, 1.807) is 0 Å². The summed E-state index contributed by atoms with van der Waals surface area (Å²) in [5, 5.41) is 8.11. The van der Waals surface area contributed by atoms with E-state index in [9.17, 15) is 0 Å². The molecule has 0 amide bonds. The van der Waals surface area contributed by atoms with Gasteiger partial charge in [-0.05, 0) is 25.7 Å². The van der Waals surface area contributed by atoms with E-state index in [4.69, 9.17) is 5.41 Å². The maximum Gasteiger partial charge on any atom is 0.0989 e. The van der Waals surface area contributed by atoms with Gasteiger partial charge < -0.3 is 4.90 Å². The quantitative estimate of drug-likeness (QED) is 0.487. The molecule has 2 aliphatic rings. The first-order chi connectivity index (χ1) is 6.38. The zero-order valence-electron chi connectivity index (χ0n) is 8.39. The number of likely N-dealkylation sites (tertiary alicyclic amines) is 1. The number of rotatable bonds is 1. The molecule has 1 saturated carbocycles. The molecular weight excluding hydrogens is 160 g/mol. The van der Waals surface area contributed by atoms with Gasteiger partial charge in [0.1, 0.15) is 0 Å². The first kappa shape index (κ1) is 9.04. The highest BCUT2D eigenvalue weighted by Crippen LogP contribution is 2.26. The van der Waals surface area contributed by atoms with Gasteiger partial charge in [0.05, 0.1) is 5.84 Å². The van der Waals surface area contributed by atoms with Crippen molar-refractivity contribution >= 4 is 5.84 Å². The molecule has 0 aromatic rings. The van der Waals surface area contributed by atoms with Crippen molar-refractivity contribution in [3.8, 4) is 0 Å². The summed E-state index contributed by atoms with van der Waals surface area (Å²) in [5.41, 5.74) is 0. The summed E-state index contributed by atoms with van der Waals surface area (Å²) in [4.78, 5) is 2.30. The van der Waals surface area contributed by atoms with Crippen LogP contribution in [0.4, 0.5) is 0 Å². The molecule has 1 heterocycles. The zero-order chi connectivity index (χ0) is 9.10. The molecule has 0 spiro atoms. The lowest BCUT2D eigenvalue weighted by Gasteiger charge is -2.28. The molecule has 1 N–H and O–H groups in total. The lowest BCUT2D eigenvalue weighted by molar-refractivity contribution is 0.387. The third-order valence-electron chi connectivity index (χ3n) is 3.44. The summed E-state index contributed by atoms with van der Waals surface area (Å²) in [5.74, 6) is 1.56. The predicted octanol–water partition coefficient (Wildman–Crippen LogP) is 2.64. The number of hydrogen-bond acceptors (Lipinski definition) is 1. The second-order valence-electron chi connectivity index (χ2n) is 4.41. The van der Waals surface area contributed by atoms with E-state index in [2.05, 4.69) is 4.90 Å². The van der Waals surface area contributed by atoms with Crippen LogP contribution in [0.2, 0.25) is 0 Å². The van der Waals surface area contributed by atoms with Crippen molar-refractivity contribution in [1.29, 1.82) is 5.41 Å². The highest BCUT2D eigenvalue weighted by molar-refractivity contribution is 5.81. The highest BCUT2D eigenvalue weighted by Gasteiger charge is 2.24. The molecule has 1 saturated heterocycles. The third kappa shape index (κ3) is 2.04. The molecule has 1 aliphatic heterocycles. The van der Waals surface area contributed by atoms with Crippen molar-refractivity contribution in [2.45, 2.75) is 44.9 Å². The van der Waals surface area contributed by atoms with Gasteiger partial charge in [-0.3, -0.25) is 5.41 Å². The van der Waals surface area contributed by atoms with Crippen LogP contribution in [0.5, 0.6) is 0 Å². The van der Waals surface area contributed by atoms with Crippen molar-refractivity contribution < 1.29 is 0 Å². The van der Waals surface area contributed by atoms with E-state index in [0.717, 1.165) is 18.9 Å². The monoisotopic (exact) mass is 180 g/mol. The Morgan fingerprint density at radius 1 is 0.923 bits per heavy atom. The molecular formula is C11H20N2.